The Balaban J connectivity index is 2.42. The molecule has 78 valence electrons. The Kier molecular flexibility index (Phi) is 4.13. The van der Waals surface area contributed by atoms with Gasteiger partial charge in [-0.15, -0.1) is 23.4 Å². The molecule has 0 unspecified atom stereocenters. The molecule has 1 aromatic carbocycles. The summed E-state index contributed by atoms with van der Waals surface area (Å²) in [5.74, 6) is -0.158. The molecule has 0 amide bonds. The molecule has 0 saturated carbocycles. The second-order valence-electron chi connectivity index (χ2n) is 2.63. The van der Waals surface area contributed by atoms with Gasteiger partial charge >= 0.3 is 6.18 Å². The third-order valence-corrected chi connectivity index (χ3v) is 3.18. The van der Waals surface area contributed by atoms with Gasteiger partial charge in [-0.05, 0) is 12.1 Å². The number of alkyl halides is 4. The number of thioether (sulfide) groups is 1. The van der Waals surface area contributed by atoms with Crippen LogP contribution >= 0.6 is 23.4 Å². The second-order valence-corrected chi connectivity index (χ2v) is 4.25. The highest BCUT2D eigenvalue weighted by molar-refractivity contribution is 7.99. The van der Waals surface area contributed by atoms with Crippen LogP contribution in [0.3, 0.4) is 0 Å². The lowest BCUT2D eigenvalue weighted by atomic mass is 10.4. The molecule has 0 nitrogen and oxygen atoms in total. The minimum atomic E-state index is -4.32. The molecule has 1 aromatic rings. The summed E-state index contributed by atoms with van der Waals surface area (Å²) in [6.45, 7) is 0. The Morgan fingerprint density at radius 2 is 1.79 bits per heavy atom. The summed E-state index contributed by atoms with van der Waals surface area (Å²) in [6, 6.07) is 8.87. The predicted molar refractivity (Wildman–Crippen MR) is 52.9 cm³/mol. The van der Waals surface area contributed by atoms with Gasteiger partial charge in [0.15, 0.2) is 0 Å². The smallest absolute Gasteiger partial charge is 0.169 e. The summed E-state index contributed by atoms with van der Waals surface area (Å²) < 4.78 is 36.0. The number of benzene rings is 1. The van der Waals surface area contributed by atoms with Gasteiger partial charge in [-0.25, -0.2) is 0 Å². The van der Waals surface area contributed by atoms with Crippen molar-refractivity contribution in [3.63, 3.8) is 0 Å². The van der Waals surface area contributed by atoms with Crippen molar-refractivity contribution < 1.29 is 13.2 Å². The van der Waals surface area contributed by atoms with E-state index in [2.05, 4.69) is 0 Å². The van der Waals surface area contributed by atoms with Crippen molar-refractivity contribution in [1.29, 1.82) is 0 Å². The topological polar surface area (TPSA) is 0 Å². The maximum absolute atomic E-state index is 12.0. The number of hydrogen-bond acceptors (Lipinski definition) is 1. The van der Waals surface area contributed by atoms with Crippen LogP contribution in [-0.4, -0.2) is 17.3 Å². The summed E-state index contributed by atoms with van der Waals surface area (Å²) >= 11 is 6.26. The standard InChI is InChI=1S/C9H8ClF3S/c10-8(9(11,12)13)6-14-7-4-2-1-3-5-7/h1-5,8H,6H2/t8-/m1/s1. The number of halogens is 4. The molecule has 0 radical (unpaired) electrons. The number of rotatable bonds is 3. The third-order valence-electron chi connectivity index (χ3n) is 1.49. The first-order chi connectivity index (χ1) is 6.50. The van der Waals surface area contributed by atoms with Gasteiger partial charge in [0.1, 0.15) is 5.38 Å². The summed E-state index contributed by atoms with van der Waals surface area (Å²) in [7, 11) is 0. The van der Waals surface area contributed by atoms with Gasteiger partial charge < -0.3 is 0 Å². The molecule has 14 heavy (non-hydrogen) atoms. The molecule has 1 rings (SSSR count). The Bertz CT molecular complexity index is 273. The van der Waals surface area contributed by atoms with Crippen molar-refractivity contribution in [3.8, 4) is 0 Å². The molecular formula is C9H8ClF3S. The van der Waals surface area contributed by atoms with Crippen LogP contribution < -0.4 is 0 Å². The van der Waals surface area contributed by atoms with Crippen LogP contribution in [0.25, 0.3) is 0 Å². The van der Waals surface area contributed by atoms with E-state index in [-0.39, 0.29) is 5.75 Å². The van der Waals surface area contributed by atoms with Gasteiger partial charge in [-0.2, -0.15) is 13.2 Å². The van der Waals surface area contributed by atoms with Crippen LogP contribution in [-0.2, 0) is 0 Å². The fraction of sp³-hybridized carbons (Fsp3) is 0.333. The molecule has 0 aromatic heterocycles. The van der Waals surface area contributed by atoms with Gasteiger partial charge in [-0.3, -0.25) is 0 Å². The SMILES string of the molecule is FC(F)(F)[C@H](Cl)CSc1ccccc1. The van der Waals surface area contributed by atoms with Crippen LogP contribution in [0.1, 0.15) is 0 Å². The van der Waals surface area contributed by atoms with E-state index in [9.17, 15) is 13.2 Å². The Hall–Kier alpha value is -0.350. The minimum absolute atomic E-state index is 0.158. The van der Waals surface area contributed by atoms with Crippen LogP contribution in [0.2, 0.25) is 0 Å². The first kappa shape index (κ1) is 11.7. The lowest BCUT2D eigenvalue weighted by Gasteiger charge is -2.12. The molecule has 0 spiro atoms. The quantitative estimate of drug-likeness (QED) is 0.570. The zero-order chi connectivity index (χ0) is 10.6. The van der Waals surface area contributed by atoms with E-state index in [4.69, 9.17) is 11.6 Å². The van der Waals surface area contributed by atoms with E-state index in [1.807, 2.05) is 6.07 Å². The van der Waals surface area contributed by atoms with Crippen molar-refractivity contribution in [2.75, 3.05) is 5.75 Å². The van der Waals surface area contributed by atoms with E-state index >= 15 is 0 Å². The minimum Gasteiger partial charge on any atom is -0.169 e. The van der Waals surface area contributed by atoms with Crippen molar-refractivity contribution >= 4 is 23.4 Å². The Morgan fingerprint density at radius 1 is 1.21 bits per heavy atom. The molecule has 0 N–H and O–H groups in total. The number of hydrogen-bond donors (Lipinski definition) is 0. The molecule has 5 heteroatoms. The van der Waals surface area contributed by atoms with Crippen LogP contribution in [0.5, 0.6) is 0 Å². The summed E-state index contributed by atoms with van der Waals surface area (Å²) in [4.78, 5) is 0.794. The summed E-state index contributed by atoms with van der Waals surface area (Å²) in [6.07, 6.45) is -4.32. The van der Waals surface area contributed by atoms with Crippen LogP contribution in [0.15, 0.2) is 35.2 Å². The highest BCUT2D eigenvalue weighted by atomic mass is 35.5. The van der Waals surface area contributed by atoms with Crippen LogP contribution in [0, 0.1) is 0 Å². The molecule has 0 aliphatic heterocycles. The van der Waals surface area contributed by atoms with Gasteiger partial charge in [0.25, 0.3) is 0 Å². The van der Waals surface area contributed by atoms with Gasteiger partial charge in [0.2, 0.25) is 0 Å². The summed E-state index contributed by atoms with van der Waals surface area (Å²) in [5, 5.41) is -1.78. The third kappa shape index (κ3) is 3.80. The Morgan fingerprint density at radius 3 is 2.29 bits per heavy atom. The second kappa shape index (κ2) is 4.94. The van der Waals surface area contributed by atoms with Gasteiger partial charge in [0, 0.05) is 10.6 Å². The maximum atomic E-state index is 12.0. The fourth-order valence-electron chi connectivity index (χ4n) is 0.781. The Labute approximate surface area is 89.4 Å². The van der Waals surface area contributed by atoms with Crippen molar-refractivity contribution in [3.05, 3.63) is 30.3 Å². The maximum Gasteiger partial charge on any atom is 0.405 e. The first-order valence-corrected chi connectivity index (χ1v) is 5.31. The normalized spacial score (nSPS) is 14.0. The molecular weight excluding hydrogens is 233 g/mol. The molecule has 0 bridgehead atoms. The zero-order valence-corrected chi connectivity index (χ0v) is 8.66. The lowest BCUT2D eigenvalue weighted by Crippen LogP contribution is -2.25. The van der Waals surface area contributed by atoms with E-state index in [1.54, 1.807) is 24.3 Å². The van der Waals surface area contributed by atoms with E-state index in [1.165, 1.54) is 0 Å². The van der Waals surface area contributed by atoms with E-state index < -0.39 is 11.6 Å². The highest BCUT2D eigenvalue weighted by Gasteiger charge is 2.37. The summed E-state index contributed by atoms with van der Waals surface area (Å²) in [5.41, 5.74) is 0. The van der Waals surface area contributed by atoms with Crippen LogP contribution in [0.4, 0.5) is 13.2 Å². The van der Waals surface area contributed by atoms with Crippen molar-refractivity contribution in [1.82, 2.24) is 0 Å². The average molecular weight is 241 g/mol. The van der Waals surface area contributed by atoms with Crippen molar-refractivity contribution in [2.45, 2.75) is 16.4 Å². The molecule has 0 saturated heterocycles. The van der Waals surface area contributed by atoms with Gasteiger partial charge in [-0.1, -0.05) is 18.2 Å². The lowest BCUT2D eigenvalue weighted by molar-refractivity contribution is -0.126. The molecule has 0 heterocycles. The molecule has 1 atom stereocenters. The average Bonchev–Trinajstić information content (AvgIpc) is 2.14. The fourth-order valence-corrected chi connectivity index (χ4v) is 1.85. The van der Waals surface area contributed by atoms with E-state index in [0.29, 0.717) is 0 Å². The van der Waals surface area contributed by atoms with Gasteiger partial charge in [0.05, 0.1) is 0 Å². The van der Waals surface area contributed by atoms with Crippen molar-refractivity contribution in [2.24, 2.45) is 0 Å². The largest absolute Gasteiger partial charge is 0.405 e. The monoisotopic (exact) mass is 240 g/mol. The highest BCUT2D eigenvalue weighted by Crippen LogP contribution is 2.30. The first-order valence-electron chi connectivity index (χ1n) is 3.89. The molecule has 0 fully saturated rings. The molecule has 0 aliphatic rings. The van der Waals surface area contributed by atoms with E-state index in [0.717, 1.165) is 16.7 Å². The zero-order valence-electron chi connectivity index (χ0n) is 7.09. The predicted octanol–water partition coefficient (Wildman–Crippen LogP) is 3.95. The molecule has 0 aliphatic carbocycles.